The molecule has 1 aromatic rings. The van der Waals surface area contributed by atoms with E-state index in [1.807, 2.05) is 18.2 Å². The molecular formula is C14H18O5S. The Kier molecular flexibility index (Phi) is 5.55. The Morgan fingerprint density at radius 3 is 2.85 bits per heavy atom. The van der Waals surface area contributed by atoms with E-state index in [2.05, 4.69) is 0 Å². The number of fused-ring (bicyclic) bond motifs is 1. The first-order chi connectivity index (χ1) is 9.70. The fourth-order valence-electron chi connectivity index (χ4n) is 1.80. The summed E-state index contributed by atoms with van der Waals surface area (Å²) in [5.41, 5.74) is 0. The van der Waals surface area contributed by atoms with Gasteiger partial charge in [-0.25, -0.2) is 4.79 Å². The number of benzene rings is 1. The van der Waals surface area contributed by atoms with Gasteiger partial charge in [0.15, 0.2) is 17.6 Å². The van der Waals surface area contributed by atoms with Crippen LogP contribution < -0.4 is 9.47 Å². The molecule has 1 heterocycles. The number of carboxylic acid groups (broad SMARTS) is 1. The fraction of sp³-hybridized carbons (Fsp3) is 0.500. The molecule has 1 aliphatic rings. The predicted octanol–water partition coefficient (Wildman–Crippen LogP) is 2.43. The van der Waals surface area contributed by atoms with Crippen molar-refractivity contribution in [2.75, 3.05) is 25.6 Å². The summed E-state index contributed by atoms with van der Waals surface area (Å²) < 4.78 is 16.3. The molecule has 0 spiro atoms. The number of rotatable bonds is 6. The Morgan fingerprint density at radius 1 is 1.40 bits per heavy atom. The van der Waals surface area contributed by atoms with E-state index in [1.165, 1.54) is 11.8 Å². The second kappa shape index (κ2) is 7.40. The molecule has 0 radical (unpaired) electrons. The van der Waals surface area contributed by atoms with Gasteiger partial charge in [-0.2, -0.15) is 0 Å². The lowest BCUT2D eigenvalue weighted by Gasteiger charge is -2.13. The highest BCUT2D eigenvalue weighted by molar-refractivity contribution is 7.99. The van der Waals surface area contributed by atoms with Gasteiger partial charge in [-0.3, -0.25) is 0 Å². The lowest BCUT2D eigenvalue weighted by molar-refractivity contribution is -0.148. The maximum Gasteiger partial charge on any atom is 0.333 e. The Hall–Kier alpha value is -1.40. The van der Waals surface area contributed by atoms with Gasteiger partial charge < -0.3 is 19.3 Å². The predicted molar refractivity (Wildman–Crippen MR) is 75.8 cm³/mol. The van der Waals surface area contributed by atoms with Crippen molar-refractivity contribution in [3.63, 3.8) is 0 Å². The fourth-order valence-corrected chi connectivity index (χ4v) is 2.73. The molecule has 1 N–H and O–H groups in total. The van der Waals surface area contributed by atoms with Gasteiger partial charge in [-0.05, 0) is 25.1 Å². The molecule has 0 bridgehead atoms. The van der Waals surface area contributed by atoms with Crippen molar-refractivity contribution >= 4 is 17.7 Å². The highest BCUT2D eigenvalue weighted by atomic mass is 32.2. The number of hydrogen-bond acceptors (Lipinski definition) is 5. The average Bonchev–Trinajstić information content (AvgIpc) is 2.67. The van der Waals surface area contributed by atoms with Crippen molar-refractivity contribution in [1.29, 1.82) is 0 Å². The van der Waals surface area contributed by atoms with Gasteiger partial charge in [0, 0.05) is 23.7 Å². The van der Waals surface area contributed by atoms with Gasteiger partial charge in [-0.15, -0.1) is 11.8 Å². The average molecular weight is 298 g/mol. The van der Waals surface area contributed by atoms with E-state index in [-0.39, 0.29) is 0 Å². The zero-order valence-electron chi connectivity index (χ0n) is 11.3. The monoisotopic (exact) mass is 298 g/mol. The number of aliphatic carboxylic acids is 1. The number of carbonyl (C=O) groups is 1. The van der Waals surface area contributed by atoms with Crippen LogP contribution in [0.3, 0.4) is 0 Å². The van der Waals surface area contributed by atoms with Crippen LogP contribution in [0.5, 0.6) is 11.5 Å². The standard InChI is InChI=1S/C14H18O5S/c1-2-17-13(14(15)16)9-20-10-4-5-11-12(8-10)19-7-3-6-18-11/h4-5,8,13H,2-3,6-7,9H2,1H3,(H,15,16). The molecule has 110 valence electrons. The topological polar surface area (TPSA) is 65.0 Å². The molecule has 2 rings (SSSR count). The molecule has 0 amide bonds. The highest BCUT2D eigenvalue weighted by Gasteiger charge is 2.18. The minimum Gasteiger partial charge on any atom is -0.490 e. The minimum absolute atomic E-state index is 0.364. The smallest absolute Gasteiger partial charge is 0.333 e. The number of thioether (sulfide) groups is 1. The van der Waals surface area contributed by atoms with E-state index in [1.54, 1.807) is 6.92 Å². The van der Waals surface area contributed by atoms with Gasteiger partial charge in [0.25, 0.3) is 0 Å². The van der Waals surface area contributed by atoms with E-state index in [0.29, 0.717) is 25.6 Å². The maximum atomic E-state index is 11.0. The van der Waals surface area contributed by atoms with Gasteiger partial charge in [0.05, 0.1) is 13.2 Å². The quantitative estimate of drug-likeness (QED) is 0.814. The minimum atomic E-state index is -0.936. The summed E-state index contributed by atoms with van der Waals surface area (Å²) in [6.45, 7) is 3.47. The number of carboxylic acids is 1. The maximum absolute atomic E-state index is 11.0. The molecule has 1 unspecified atom stereocenters. The van der Waals surface area contributed by atoms with Crippen molar-refractivity contribution in [3.05, 3.63) is 18.2 Å². The van der Waals surface area contributed by atoms with Crippen LogP contribution in [-0.4, -0.2) is 42.8 Å². The van der Waals surface area contributed by atoms with E-state index in [0.717, 1.165) is 22.8 Å². The Bertz CT molecular complexity index is 463. The van der Waals surface area contributed by atoms with Gasteiger partial charge >= 0.3 is 5.97 Å². The summed E-state index contributed by atoms with van der Waals surface area (Å²) in [7, 11) is 0. The molecule has 0 fully saturated rings. The molecule has 1 atom stereocenters. The summed E-state index contributed by atoms with van der Waals surface area (Å²) in [5, 5.41) is 9.03. The van der Waals surface area contributed by atoms with Gasteiger partial charge in [0.2, 0.25) is 0 Å². The molecule has 5 nitrogen and oxygen atoms in total. The Morgan fingerprint density at radius 2 is 2.15 bits per heavy atom. The zero-order valence-corrected chi connectivity index (χ0v) is 12.1. The van der Waals surface area contributed by atoms with E-state index < -0.39 is 12.1 Å². The molecule has 0 aliphatic carbocycles. The third kappa shape index (κ3) is 4.05. The molecule has 1 aromatic carbocycles. The third-order valence-corrected chi connectivity index (χ3v) is 3.82. The summed E-state index contributed by atoms with van der Waals surface area (Å²) in [6.07, 6.45) is 0.0729. The first-order valence-corrected chi connectivity index (χ1v) is 7.56. The first kappa shape index (κ1) is 15.0. The largest absolute Gasteiger partial charge is 0.490 e. The summed E-state index contributed by atoms with van der Waals surface area (Å²) >= 11 is 1.44. The number of ether oxygens (including phenoxy) is 3. The highest BCUT2D eigenvalue weighted by Crippen LogP contribution is 2.34. The van der Waals surface area contributed by atoms with Crippen LogP contribution in [0.2, 0.25) is 0 Å². The lowest BCUT2D eigenvalue weighted by atomic mass is 10.3. The van der Waals surface area contributed by atoms with E-state index >= 15 is 0 Å². The molecule has 0 saturated heterocycles. The van der Waals surface area contributed by atoms with Crippen molar-refractivity contribution < 1.29 is 24.1 Å². The Labute approximate surface area is 122 Å². The van der Waals surface area contributed by atoms with Crippen LogP contribution in [0.15, 0.2) is 23.1 Å². The lowest BCUT2D eigenvalue weighted by Crippen LogP contribution is -2.26. The van der Waals surface area contributed by atoms with Crippen LogP contribution in [0.1, 0.15) is 13.3 Å². The summed E-state index contributed by atoms with van der Waals surface area (Å²) in [4.78, 5) is 12.0. The first-order valence-electron chi connectivity index (χ1n) is 6.57. The SMILES string of the molecule is CCOC(CSc1ccc2c(c1)OCCCO2)C(=O)O. The third-order valence-electron chi connectivity index (χ3n) is 2.76. The molecular weight excluding hydrogens is 280 g/mol. The van der Waals surface area contributed by atoms with E-state index in [4.69, 9.17) is 19.3 Å². The molecule has 0 aromatic heterocycles. The zero-order chi connectivity index (χ0) is 14.4. The Balaban J connectivity index is 1.99. The molecule has 1 aliphatic heterocycles. The second-order valence-corrected chi connectivity index (χ2v) is 5.35. The van der Waals surface area contributed by atoms with Crippen molar-refractivity contribution in [2.24, 2.45) is 0 Å². The van der Waals surface area contributed by atoms with Crippen molar-refractivity contribution in [3.8, 4) is 11.5 Å². The van der Waals surface area contributed by atoms with Crippen LogP contribution in [0.4, 0.5) is 0 Å². The number of hydrogen-bond donors (Lipinski definition) is 1. The normalized spacial score (nSPS) is 15.4. The van der Waals surface area contributed by atoms with Crippen LogP contribution in [0.25, 0.3) is 0 Å². The summed E-state index contributed by atoms with van der Waals surface area (Å²) in [6, 6.07) is 5.65. The van der Waals surface area contributed by atoms with Crippen LogP contribution in [-0.2, 0) is 9.53 Å². The molecule has 20 heavy (non-hydrogen) atoms. The van der Waals surface area contributed by atoms with Crippen LogP contribution in [0, 0.1) is 0 Å². The molecule has 0 saturated carbocycles. The van der Waals surface area contributed by atoms with Gasteiger partial charge in [-0.1, -0.05) is 0 Å². The van der Waals surface area contributed by atoms with Crippen LogP contribution >= 0.6 is 11.8 Å². The molecule has 6 heteroatoms. The van der Waals surface area contributed by atoms with Gasteiger partial charge in [0.1, 0.15) is 0 Å². The van der Waals surface area contributed by atoms with E-state index in [9.17, 15) is 4.79 Å². The second-order valence-electron chi connectivity index (χ2n) is 4.25. The van der Waals surface area contributed by atoms with Crippen molar-refractivity contribution in [2.45, 2.75) is 24.3 Å². The summed E-state index contributed by atoms with van der Waals surface area (Å²) in [5.74, 6) is 0.888. The van der Waals surface area contributed by atoms with Crippen molar-refractivity contribution in [1.82, 2.24) is 0 Å².